The average Bonchev–Trinajstić information content (AvgIpc) is 3.40. The van der Waals surface area contributed by atoms with Crippen molar-refractivity contribution in [1.29, 1.82) is 0 Å². The third-order valence-corrected chi connectivity index (χ3v) is 6.88. The molecule has 9 nitrogen and oxygen atoms in total. The number of hydrogen-bond donors (Lipinski definition) is 0. The summed E-state index contributed by atoms with van der Waals surface area (Å²) in [5, 5.41) is 7.11. The van der Waals surface area contributed by atoms with Gasteiger partial charge in [-0.1, -0.05) is 42.5 Å². The molecule has 0 aliphatic carbocycles. The molecule has 0 aliphatic heterocycles. The van der Waals surface area contributed by atoms with E-state index in [1.54, 1.807) is 24.4 Å². The monoisotopic (exact) mass is 543 g/mol. The fourth-order valence-corrected chi connectivity index (χ4v) is 4.89. The zero-order chi connectivity index (χ0) is 28.3. The van der Waals surface area contributed by atoms with Crippen molar-refractivity contribution in [1.82, 2.24) is 24.7 Å². The summed E-state index contributed by atoms with van der Waals surface area (Å²) < 4.78 is 13.8. The summed E-state index contributed by atoms with van der Waals surface area (Å²) in [4.78, 5) is 37.0. The average molecular weight is 544 g/mol. The molecule has 0 fully saturated rings. The highest BCUT2D eigenvalue weighted by molar-refractivity contribution is 5.97. The molecule has 0 radical (unpaired) electrons. The molecular weight excluding hydrogens is 518 g/mol. The highest BCUT2D eigenvalue weighted by atomic mass is 16.5. The van der Waals surface area contributed by atoms with Gasteiger partial charge in [-0.25, -0.2) is 9.97 Å². The number of hydrogen-bond acceptors (Lipinski definition) is 8. The van der Waals surface area contributed by atoms with Crippen LogP contribution in [0.15, 0.2) is 79.1 Å². The van der Waals surface area contributed by atoms with Crippen LogP contribution >= 0.6 is 0 Å². The van der Waals surface area contributed by atoms with Gasteiger partial charge >= 0.3 is 0 Å². The first-order valence-electron chi connectivity index (χ1n) is 13.0. The maximum atomic E-state index is 12.0. The number of pyridine rings is 3. The van der Waals surface area contributed by atoms with Crippen molar-refractivity contribution >= 4 is 34.2 Å². The van der Waals surface area contributed by atoms with Gasteiger partial charge < -0.3 is 9.47 Å². The lowest BCUT2D eigenvalue weighted by Crippen LogP contribution is -2.04. The molecule has 6 aromatic rings. The van der Waals surface area contributed by atoms with Crippen LogP contribution in [0.2, 0.25) is 0 Å². The first kappa shape index (κ1) is 25.8. The summed E-state index contributed by atoms with van der Waals surface area (Å²) in [6.45, 7) is 2.23. The molecule has 41 heavy (non-hydrogen) atoms. The second-order valence-corrected chi connectivity index (χ2v) is 9.52. The Morgan fingerprint density at radius 1 is 0.780 bits per heavy atom. The van der Waals surface area contributed by atoms with E-state index in [1.807, 2.05) is 73.4 Å². The van der Waals surface area contributed by atoms with E-state index >= 15 is 0 Å². The summed E-state index contributed by atoms with van der Waals surface area (Å²) in [5.74, 6) is 0.788. The molecule has 0 N–H and O–H groups in total. The van der Waals surface area contributed by atoms with Gasteiger partial charge in [-0.3, -0.25) is 19.3 Å². The number of fused-ring (bicyclic) bond motifs is 2. The van der Waals surface area contributed by atoms with Gasteiger partial charge in [0.2, 0.25) is 0 Å². The lowest BCUT2D eigenvalue weighted by atomic mass is 10.0. The molecule has 2 aromatic carbocycles. The number of aldehydes is 2. The lowest BCUT2D eigenvalue weighted by molar-refractivity contribution is 0.110. The summed E-state index contributed by atoms with van der Waals surface area (Å²) >= 11 is 0. The highest BCUT2D eigenvalue weighted by Gasteiger charge is 2.15. The van der Waals surface area contributed by atoms with E-state index in [4.69, 9.17) is 9.47 Å². The Bertz CT molecular complexity index is 1930. The molecule has 0 unspecified atom stereocenters. The topological polar surface area (TPSA) is 109 Å². The minimum absolute atomic E-state index is 0.148. The largest absolute Gasteiger partial charge is 0.486 e. The second-order valence-electron chi connectivity index (χ2n) is 9.52. The normalized spacial score (nSPS) is 11.1. The molecule has 0 amide bonds. The predicted molar refractivity (Wildman–Crippen MR) is 154 cm³/mol. The van der Waals surface area contributed by atoms with Gasteiger partial charge in [-0.2, -0.15) is 5.10 Å². The van der Waals surface area contributed by atoms with Crippen LogP contribution in [0.1, 0.15) is 37.9 Å². The van der Waals surface area contributed by atoms with Gasteiger partial charge in [0.25, 0.3) is 0 Å². The third kappa shape index (κ3) is 5.00. The minimum Gasteiger partial charge on any atom is -0.486 e. The first-order valence-corrected chi connectivity index (χ1v) is 13.0. The van der Waals surface area contributed by atoms with Crippen LogP contribution in [0.25, 0.3) is 32.9 Å². The van der Waals surface area contributed by atoms with E-state index in [2.05, 4.69) is 20.1 Å². The molecule has 6 rings (SSSR count). The number of carbonyl (C=O) groups excluding carboxylic acids is 2. The molecular formula is C32H25N5O4. The first-order chi connectivity index (χ1) is 20.1. The number of benzene rings is 2. The predicted octanol–water partition coefficient (Wildman–Crippen LogP) is 5.67. The van der Waals surface area contributed by atoms with Crippen LogP contribution in [0.5, 0.6) is 11.5 Å². The number of aromatic nitrogens is 5. The maximum Gasteiger partial charge on any atom is 0.172 e. The molecule has 4 heterocycles. The van der Waals surface area contributed by atoms with Crippen LogP contribution in [0.4, 0.5) is 0 Å². The van der Waals surface area contributed by atoms with Crippen LogP contribution in [0.3, 0.4) is 0 Å². The number of aryl methyl sites for hydroxylation is 2. The van der Waals surface area contributed by atoms with E-state index in [0.717, 1.165) is 38.5 Å². The summed E-state index contributed by atoms with van der Waals surface area (Å²) in [6.07, 6.45) is 4.90. The Morgan fingerprint density at radius 3 is 2.32 bits per heavy atom. The van der Waals surface area contributed by atoms with Crippen molar-refractivity contribution in [2.24, 2.45) is 7.05 Å². The lowest BCUT2D eigenvalue weighted by Gasteiger charge is -2.14. The van der Waals surface area contributed by atoms with Gasteiger partial charge in [0.1, 0.15) is 36.1 Å². The summed E-state index contributed by atoms with van der Waals surface area (Å²) in [6, 6.07) is 20.8. The van der Waals surface area contributed by atoms with Gasteiger partial charge in [0.15, 0.2) is 12.6 Å². The Balaban J connectivity index is 1.28. The number of para-hydroxylation sites is 1. The van der Waals surface area contributed by atoms with E-state index in [0.29, 0.717) is 35.5 Å². The van der Waals surface area contributed by atoms with Crippen LogP contribution < -0.4 is 9.47 Å². The van der Waals surface area contributed by atoms with E-state index in [-0.39, 0.29) is 24.6 Å². The van der Waals surface area contributed by atoms with E-state index in [1.165, 1.54) is 0 Å². The highest BCUT2D eigenvalue weighted by Crippen LogP contribution is 2.31. The van der Waals surface area contributed by atoms with Crippen LogP contribution in [0, 0.1) is 6.92 Å². The molecule has 0 aliphatic rings. The Morgan fingerprint density at radius 2 is 1.51 bits per heavy atom. The van der Waals surface area contributed by atoms with Gasteiger partial charge in [0, 0.05) is 40.8 Å². The zero-order valence-corrected chi connectivity index (χ0v) is 22.4. The van der Waals surface area contributed by atoms with E-state index < -0.39 is 0 Å². The number of rotatable bonds is 9. The molecule has 0 spiro atoms. The van der Waals surface area contributed by atoms with Crippen LogP contribution in [-0.4, -0.2) is 37.3 Å². The SMILES string of the molecule is Cc1ccc(OCc2ncc(-c3ccc(OCc4cccc5cnn(C)c45)c(C=O)n3)c3ccccc23)c(C=O)n1. The fraction of sp³-hybridized carbons (Fsp3) is 0.125. The standard InChI is InChI=1S/C32H25N5O4/c1-20-10-12-30(27(16-38)35-20)41-19-29-24-9-4-3-8-23(24)25(15-33-29)26-11-13-31(28(17-39)36-26)40-18-22-7-5-6-21-14-34-37(2)32(21)22/h3-17H,18-19H2,1-2H3. The second kappa shape index (κ2) is 11.0. The molecule has 202 valence electrons. The minimum atomic E-state index is 0.148. The van der Waals surface area contributed by atoms with Gasteiger partial charge in [0.05, 0.1) is 23.1 Å². The molecule has 0 bridgehead atoms. The third-order valence-electron chi connectivity index (χ3n) is 6.88. The van der Waals surface area contributed by atoms with Crippen molar-refractivity contribution in [2.75, 3.05) is 0 Å². The summed E-state index contributed by atoms with van der Waals surface area (Å²) in [7, 11) is 1.89. The van der Waals surface area contributed by atoms with Crippen molar-refractivity contribution in [3.63, 3.8) is 0 Å². The maximum absolute atomic E-state index is 12.0. The molecule has 0 saturated carbocycles. The van der Waals surface area contributed by atoms with Crippen LogP contribution in [-0.2, 0) is 20.3 Å². The Kier molecular flexibility index (Phi) is 6.91. The van der Waals surface area contributed by atoms with Crippen molar-refractivity contribution < 1.29 is 19.1 Å². The Hall–Kier alpha value is -5.44. The van der Waals surface area contributed by atoms with Crippen molar-refractivity contribution in [3.05, 3.63) is 107 Å². The summed E-state index contributed by atoms with van der Waals surface area (Å²) in [5.41, 5.74) is 5.17. The Labute approximate surface area is 235 Å². The number of carbonyl (C=O) groups is 2. The zero-order valence-electron chi connectivity index (χ0n) is 22.4. The van der Waals surface area contributed by atoms with Gasteiger partial charge in [-0.05, 0) is 36.6 Å². The number of nitrogens with zero attached hydrogens (tertiary/aromatic N) is 5. The van der Waals surface area contributed by atoms with Gasteiger partial charge in [-0.15, -0.1) is 0 Å². The molecule has 0 saturated heterocycles. The fourth-order valence-electron chi connectivity index (χ4n) is 4.89. The quantitative estimate of drug-likeness (QED) is 0.215. The number of ether oxygens (including phenoxy) is 2. The molecule has 4 aromatic heterocycles. The smallest absolute Gasteiger partial charge is 0.172 e. The molecule has 0 atom stereocenters. The van der Waals surface area contributed by atoms with Crippen molar-refractivity contribution in [2.45, 2.75) is 20.1 Å². The molecule has 9 heteroatoms. The van der Waals surface area contributed by atoms with Crippen molar-refractivity contribution in [3.8, 4) is 22.8 Å². The van der Waals surface area contributed by atoms with E-state index in [9.17, 15) is 9.59 Å².